The number of rotatable bonds is 6. The maximum Gasteiger partial charge on any atom is 0.255 e. The number of unbranched alkanes of at least 4 members (excludes halogenated alkanes) is 2. The summed E-state index contributed by atoms with van der Waals surface area (Å²) in [5.41, 5.74) is 0.537. The second-order valence-electron chi connectivity index (χ2n) is 4.34. The minimum Gasteiger partial charge on any atom is -0.486 e. The van der Waals surface area contributed by atoms with Crippen LogP contribution in [0.5, 0.6) is 11.5 Å². The van der Waals surface area contributed by atoms with Crippen LogP contribution in [0.2, 0.25) is 0 Å². The fourth-order valence-electron chi connectivity index (χ4n) is 1.95. The van der Waals surface area contributed by atoms with Crippen LogP contribution in [0.4, 0.5) is 0 Å². The van der Waals surface area contributed by atoms with Gasteiger partial charge in [0.25, 0.3) is 5.91 Å². The number of ether oxygens (including phenoxy) is 2. The van der Waals surface area contributed by atoms with Crippen LogP contribution in [0.3, 0.4) is 0 Å². The first-order valence-corrected chi connectivity index (χ1v) is 7.09. The molecule has 0 saturated heterocycles. The molecule has 1 aliphatic rings. The van der Waals surface area contributed by atoms with Crippen molar-refractivity contribution in [3.05, 3.63) is 23.8 Å². The molecule has 2 rings (SSSR count). The van der Waals surface area contributed by atoms with Crippen LogP contribution >= 0.6 is 11.6 Å². The molecule has 0 atom stereocenters. The number of para-hydroxylation sites is 1. The second kappa shape index (κ2) is 7.24. The van der Waals surface area contributed by atoms with Gasteiger partial charge in [-0.3, -0.25) is 4.79 Å². The van der Waals surface area contributed by atoms with Gasteiger partial charge >= 0.3 is 0 Å². The number of nitrogens with one attached hydrogen (secondary N) is 1. The first kappa shape index (κ1) is 14.0. The van der Waals surface area contributed by atoms with E-state index >= 15 is 0 Å². The number of benzene rings is 1. The van der Waals surface area contributed by atoms with Crippen LogP contribution in [0, 0.1) is 0 Å². The highest BCUT2D eigenvalue weighted by Gasteiger charge is 2.19. The number of alkyl halides is 1. The Hall–Kier alpha value is -1.42. The van der Waals surface area contributed by atoms with E-state index in [0.717, 1.165) is 19.3 Å². The van der Waals surface area contributed by atoms with E-state index in [1.807, 2.05) is 6.07 Å². The van der Waals surface area contributed by atoms with Gasteiger partial charge in [0.1, 0.15) is 13.2 Å². The van der Waals surface area contributed by atoms with Crippen LogP contribution in [0.1, 0.15) is 29.6 Å². The van der Waals surface area contributed by atoms with Gasteiger partial charge < -0.3 is 14.8 Å². The Morgan fingerprint density at radius 3 is 2.89 bits per heavy atom. The van der Waals surface area contributed by atoms with Crippen molar-refractivity contribution < 1.29 is 14.3 Å². The minimum atomic E-state index is -0.117. The second-order valence-corrected chi connectivity index (χ2v) is 4.71. The molecule has 104 valence electrons. The van der Waals surface area contributed by atoms with E-state index in [1.54, 1.807) is 12.1 Å². The zero-order valence-electron chi connectivity index (χ0n) is 10.8. The van der Waals surface area contributed by atoms with Crippen molar-refractivity contribution in [2.75, 3.05) is 25.6 Å². The van der Waals surface area contributed by atoms with Crippen LogP contribution in [0.25, 0.3) is 0 Å². The zero-order chi connectivity index (χ0) is 13.5. The number of carbonyl (C=O) groups excluding carboxylic acids is 1. The molecule has 1 aliphatic heterocycles. The van der Waals surface area contributed by atoms with Gasteiger partial charge in [0.15, 0.2) is 11.5 Å². The number of amides is 1. The minimum absolute atomic E-state index is 0.117. The average molecular weight is 284 g/mol. The summed E-state index contributed by atoms with van der Waals surface area (Å²) < 4.78 is 11.0. The van der Waals surface area contributed by atoms with E-state index in [9.17, 15) is 4.79 Å². The standard InChI is InChI=1S/C14H18ClNO3/c15-7-2-1-3-8-16-14(17)11-5-4-6-12-13(11)19-10-9-18-12/h4-6H,1-3,7-10H2,(H,16,17). The predicted molar refractivity (Wildman–Crippen MR) is 74.3 cm³/mol. The molecule has 0 aliphatic carbocycles. The normalized spacial score (nSPS) is 13.1. The SMILES string of the molecule is O=C(NCCCCCCl)c1cccc2c1OCCO2. The molecule has 19 heavy (non-hydrogen) atoms. The van der Waals surface area contributed by atoms with E-state index < -0.39 is 0 Å². The highest BCUT2D eigenvalue weighted by atomic mass is 35.5. The number of fused-ring (bicyclic) bond motifs is 1. The lowest BCUT2D eigenvalue weighted by molar-refractivity contribution is 0.0942. The Morgan fingerprint density at radius 2 is 2.05 bits per heavy atom. The molecule has 1 N–H and O–H groups in total. The fraction of sp³-hybridized carbons (Fsp3) is 0.500. The van der Waals surface area contributed by atoms with Crippen molar-refractivity contribution in [1.29, 1.82) is 0 Å². The number of hydrogen-bond acceptors (Lipinski definition) is 3. The summed E-state index contributed by atoms with van der Waals surface area (Å²) in [4.78, 5) is 12.1. The highest BCUT2D eigenvalue weighted by molar-refractivity contribution is 6.17. The first-order chi connectivity index (χ1) is 9.33. The molecule has 0 bridgehead atoms. The molecule has 1 aromatic carbocycles. The molecule has 1 heterocycles. The summed E-state index contributed by atoms with van der Waals surface area (Å²) in [6, 6.07) is 5.36. The zero-order valence-corrected chi connectivity index (χ0v) is 11.5. The molecular weight excluding hydrogens is 266 g/mol. The summed E-state index contributed by atoms with van der Waals surface area (Å²) >= 11 is 5.60. The van der Waals surface area contributed by atoms with Crippen molar-refractivity contribution in [2.45, 2.75) is 19.3 Å². The van der Waals surface area contributed by atoms with Gasteiger partial charge in [0.2, 0.25) is 0 Å². The molecule has 4 nitrogen and oxygen atoms in total. The molecule has 5 heteroatoms. The summed E-state index contributed by atoms with van der Waals surface area (Å²) in [6.07, 6.45) is 2.94. The molecule has 1 amide bonds. The third-order valence-corrected chi connectivity index (χ3v) is 3.17. The number of carbonyl (C=O) groups is 1. The monoisotopic (exact) mass is 283 g/mol. The summed E-state index contributed by atoms with van der Waals surface area (Å²) in [6.45, 7) is 1.66. The number of halogens is 1. The lowest BCUT2D eigenvalue weighted by Crippen LogP contribution is -2.26. The van der Waals surface area contributed by atoms with E-state index in [4.69, 9.17) is 21.1 Å². The van der Waals surface area contributed by atoms with E-state index in [-0.39, 0.29) is 5.91 Å². The molecule has 0 saturated carbocycles. The van der Waals surface area contributed by atoms with Crippen molar-refractivity contribution in [3.8, 4) is 11.5 Å². The van der Waals surface area contributed by atoms with Crippen molar-refractivity contribution in [1.82, 2.24) is 5.32 Å². The Labute approximate surface area is 118 Å². The van der Waals surface area contributed by atoms with Crippen molar-refractivity contribution >= 4 is 17.5 Å². The summed E-state index contributed by atoms with van der Waals surface area (Å²) in [5.74, 6) is 1.74. The average Bonchev–Trinajstić information content (AvgIpc) is 2.46. The van der Waals surface area contributed by atoms with Gasteiger partial charge in [0.05, 0.1) is 5.56 Å². The Morgan fingerprint density at radius 1 is 1.21 bits per heavy atom. The molecular formula is C14H18ClNO3. The summed E-state index contributed by atoms with van der Waals surface area (Å²) in [5, 5.41) is 2.89. The Balaban J connectivity index is 1.92. The number of hydrogen-bond donors (Lipinski definition) is 1. The van der Waals surface area contributed by atoms with Gasteiger partial charge in [-0.25, -0.2) is 0 Å². The van der Waals surface area contributed by atoms with Gasteiger partial charge in [-0.2, -0.15) is 0 Å². The molecule has 0 spiro atoms. The van der Waals surface area contributed by atoms with Crippen LogP contribution in [-0.2, 0) is 0 Å². The molecule has 0 aromatic heterocycles. The van der Waals surface area contributed by atoms with E-state index in [1.165, 1.54) is 0 Å². The van der Waals surface area contributed by atoms with E-state index in [0.29, 0.717) is 42.7 Å². The third kappa shape index (κ3) is 3.77. The molecule has 0 fully saturated rings. The molecule has 0 radical (unpaired) electrons. The lowest BCUT2D eigenvalue weighted by atomic mass is 10.1. The highest BCUT2D eigenvalue weighted by Crippen LogP contribution is 2.33. The van der Waals surface area contributed by atoms with Crippen LogP contribution in [0.15, 0.2) is 18.2 Å². The maximum atomic E-state index is 12.1. The Kier molecular flexibility index (Phi) is 5.33. The van der Waals surface area contributed by atoms with Crippen molar-refractivity contribution in [2.24, 2.45) is 0 Å². The van der Waals surface area contributed by atoms with E-state index in [2.05, 4.69) is 5.32 Å². The third-order valence-electron chi connectivity index (χ3n) is 2.91. The topological polar surface area (TPSA) is 47.6 Å². The first-order valence-electron chi connectivity index (χ1n) is 6.55. The van der Waals surface area contributed by atoms with Gasteiger partial charge in [-0.05, 0) is 25.0 Å². The van der Waals surface area contributed by atoms with Crippen molar-refractivity contribution in [3.63, 3.8) is 0 Å². The molecule has 0 unspecified atom stereocenters. The summed E-state index contributed by atoms with van der Waals surface area (Å²) in [7, 11) is 0. The molecule has 1 aromatic rings. The Bertz CT molecular complexity index is 437. The lowest BCUT2D eigenvalue weighted by Gasteiger charge is -2.20. The van der Waals surface area contributed by atoms with Gasteiger partial charge in [0, 0.05) is 12.4 Å². The van der Waals surface area contributed by atoms with Crippen LogP contribution < -0.4 is 14.8 Å². The predicted octanol–water partition coefficient (Wildman–Crippen LogP) is 2.60. The smallest absolute Gasteiger partial charge is 0.255 e. The fourth-order valence-corrected chi connectivity index (χ4v) is 2.13. The van der Waals surface area contributed by atoms with Gasteiger partial charge in [-0.15, -0.1) is 11.6 Å². The maximum absolute atomic E-state index is 12.1. The van der Waals surface area contributed by atoms with Crippen LogP contribution in [-0.4, -0.2) is 31.5 Å². The largest absolute Gasteiger partial charge is 0.486 e. The van der Waals surface area contributed by atoms with Gasteiger partial charge in [-0.1, -0.05) is 12.5 Å². The quantitative estimate of drug-likeness (QED) is 0.645.